The first-order valence-corrected chi connectivity index (χ1v) is 9.95. The summed E-state index contributed by atoms with van der Waals surface area (Å²) < 4.78 is 0. The van der Waals surface area contributed by atoms with Gasteiger partial charge in [-0.15, -0.1) is 11.3 Å². The van der Waals surface area contributed by atoms with E-state index in [-0.39, 0.29) is 24.3 Å². The van der Waals surface area contributed by atoms with E-state index in [0.717, 1.165) is 31.5 Å². The number of likely N-dealkylation sites (tertiary alicyclic amines) is 1. The zero-order valence-corrected chi connectivity index (χ0v) is 15.8. The molecule has 1 aliphatic rings. The van der Waals surface area contributed by atoms with Crippen LogP contribution >= 0.6 is 11.3 Å². The number of hydrogen-bond donors (Lipinski definition) is 2. The van der Waals surface area contributed by atoms with E-state index in [1.807, 2.05) is 35.7 Å². The van der Waals surface area contributed by atoms with Crippen LogP contribution in [0.4, 0.5) is 0 Å². The van der Waals surface area contributed by atoms with Crippen molar-refractivity contribution in [3.8, 4) is 0 Å². The van der Waals surface area contributed by atoms with Crippen molar-refractivity contribution in [2.24, 2.45) is 0 Å². The predicted octanol–water partition coefficient (Wildman–Crippen LogP) is 1.83. The minimum absolute atomic E-state index is 0.0427. The molecule has 0 radical (unpaired) electrons. The van der Waals surface area contributed by atoms with Crippen LogP contribution in [-0.2, 0) is 16.0 Å². The third kappa shape index (κ3) is 5.40. The Labute approximate surface area is 162 Å². The van der Waals surface area contributed by atoms with Crippen LogP contribution in [0, 0.1) is 0 Å². The van der Waals surface area contributed by atoms with Crippen molar-refractivity contribution >= 4 is 29.1 Å². The molecule has 142 valence electrons. The monoisotopic (exact) mass is 385 g/mol. The molecular weight excluding hydrogens is 362 g/mol. The molecule has 0 saturated carbocycles. The molecule has 1 aromatic heterocycles. The van der Waals surface area contributed by atoms with Crippen LogP contribution in [0.1, 0.15) is 28.1 Å². The number of carbonyl (C=O) groups excluding carboxylic acids is 3. The molecule has 0 aliphatic carbocycles. The van der Waals surface area contributed by atoms with E-state index < -0.39 is 6.04 Å². The van der Waals surface area contributed by atoms with Gasteiger partial charge in [-0.05, 0) is 29.9 Å². The van der Waals surface area contributed by atoms with E-state index in [0.29, 0.717) is 11.3 Å². The van der Waals surface area contributed by atoms with E-state index in [4.69, 9.17) is 0 Å². The Hall–Kier alpha value is -2.67. The summed E-state index contributed by atoms with van der Waals surface area (Å²) in [6.07, 6.45) is 2.38. The highest BCUT2D eigenvalue weighted by molar-refractivity contribution is 7.12. The van der Waals surface area contributed by atoms with E-state index >= 15 is 0 Å². The van der Waals surface area contributed by atoms with Gasteiger partial charge in [0.05, 0.1) is 11.4 Å². The molecule has 1 aromatic carbocycles. The average molecular weight is 385 g/mol. The van der Waals surface area contributed by atoms with Crippen molar-refractivity contribution < 1.29 is 14.4 Å². The van der Waals surface area contributed by atoms with Gasteiger partial charge in [0, 0.05) is 19.5 Å². The van der Waals surface area contributed by atoms with Crippen LogP contribution in [0.15, 0.2) is 47.8 Å². The molecule has 1 aliphatic heterocycles. The Morgan fingerprint density at radius 2 is 1.78 bits per heavy atom. The summed E-state index contributed by atoms with van der Waals surface area (Å²) in [5, 5.41) is 7.30. The standard InChI is InChI=1S/C20H23N3O3S/c24-18(23-10-4-5-11-23)14-21-19(25)16(13-15-7-2-1-3-8-15)22-20(26)17-9-6-12-27-17/h1-3,6-9,12,16H,4-5,10-11,13-14H2,(H,21,25)(H,22,26). The summed E-state index contributed by atoms with van der Waals surface area (Å²) in [6.45, 7) is 1.45. The summed E-state index contributed by atoms with van der Waals surface area (Å²) >= 11 is 1.32. The minimum Gasteiger partial charge on any atom is -0.345 e. The first-order chi connectivity index (χ1) is 13.1. The summed E-state index contributed by atoms with van der Waals surface area (Å²) in [4.78, 5) is 39.6. The normalized spacial score (nSPS) is 14.6. The second-order valence-electron chi connectivity index (χ2n) is 6.50. The lowest BCUT2D eigenvalue weighted by Gasteiger charge is -2.20. The van der Waals surface area contributed by atoms with Crippen molar-refractivity contribution in [1.29, 1.82) is 0 Å². The fourth-order valence-electron chi connectivity index (χ4n) is 3.06. The van der Waals surface area contributed by atoms with Crippen LogP contribution < -0.4 is 10.6 Å². The molecule has 2 N–H and O–H groups in total. The third-order valence-corrected chi connectivity index (χ3v) is 5.39. The highest BCUT2D eigenvalue weighted by atomic mass is 32.1. The molecule has 3 amide bonds. The molecule has 1 atom stereocenters. The van der Waals surface area contributed by atoms with E-state index in [9.17, 15) is 14.4 Å². The third-order valence-electron chi connectivity index (χ3n) is 4.52. The Morgan fingerprint density at radius 3 is 2.44 bits per heavy atom. The zero-order valence-electron chi connectivity index (χ0n) is 15.0. The van der Waals surface area contributed by atoms with Gasteiger partial charge in [-0.3, -0.25) is 14.4 Å². The zero-order chi connectivity index (χ0) is 19.1. The van der Waals surface area contributed by atoms with Gasteiger partial charge in [0.1, 0.15) is 6.04 Å². The lowest BCUT2D eigenvalue weighted by atomic mass is 10.1. The molecule has 1 unspecified atom stereocenters. The van der Waals surface area contributed by atoms with Crippen molar-refractivity contribution in [3.63, 3.8) is 0 Å². The molecule has 1 saturated heterocycles. The lowest BCUT2D eigenvalue weighted by Crippen LogP contribution is -2.50. The number of nitrogens with one attached hydrogen (secondary N) is 2. The minimum atomic E-state index is -0.742. The average Bonchev–Trinajstić information content (AvgIpc) is 3.40. The first-order valence-electron chi connectivity index (χ1n) is 9.07. The molecule has 0 spiro atoms. The Balaban J connectivity index is 1.63. The molecule has 0 bridgehead atoms. The lowest BCUT2D eigenvalue weighted by molar-refractivity contribution is -0.132. The smallest absolute Gasteiger partial charge is 0.262 e. The summed E-state index contributed by atoms with van der Waals surface area (Å²) in [5.74, 6) is -0.716. The van der Waals surface area contributed by atoms with Crippen LogP contribution in [0.2, 0.25) is 0 Å². The quantitative estimate of drug-likeness (QED) is 0.763. The van der Waals surface area contributed by atoms with Crippen molar-refractivity contribution in [1.82, 2.24) is 15.5 Å². The van der Waals surface area contributed by atoms with Gasteiger partial charge in [-0.1, -0.05) is 36.4 Å². The largest absolute Gasteiger partial charge is 0.345 e. The summed E-state index contributed by atoms with van der Waals surface area (Å²) in [7, 11) is 0. The molecule has 7 heteroatoms. The molecule has 2 heterocycles. The number of carbonyl (C=O) groups is 3. The van der Waals surface area contributed by atoms with Crippen LogP contribution in [0.25, 0.3) is 0 Å². The van der Waals surface area contributed by atoms with Crippen molar-refractivity contribution in [3.05, 3.63) is 58.3 Å². The summed E-state index contributed by atoms with van der Waals surface area (Å²) in [6, 6.07) is 12.3. The number of amides is 3. The maximum absolute atomic E-state index is 12.7. The fraction of sp³-hybridized carbons (Fsp3) is 0.350. The maximum atomic E-state index is 12.7. The van der Waals surface area contributed by atoms with Gasteiger partial charge >= 0.3 is 0 Å². The maximum Gasteiger partial charge on any atom is 0.262 e. The Bertz CT molecular complexity index is 771. The molecule has 3 rings (SSSR count). The SMILES string of the molecule is O=C(NC(Cc1ccccc1)C(=O)NCC(=O)N1CCCC1)c1cccs1. The van der Waals surface area contributed by atoms with Gasteiger partial charge in [0.25, 0.3) is 5.91 Å². The Morgan fingerprint density at radius 1 is 1.04 bits per heavy atom. The van der Waals surface area contributed by atoms with Crippen LogP contribution in [-0.4, -0.2) is 48.3 Å². The number of thiophene rings is 1. The van der Waals surface area contributed by atoms with E-state index in [2.05, 4.69) is 10.6 Å². The molecule has 27 heavy (non-hydrogen) atoms. The number of benzene rings is 1. The van der Waals surface area contributed by atoms with Crippen molar-refractivity contribution in [2.45, 2.75) is 25.3 Å². The van der Waals surface area contributed by atoms with E-state index in [1.54, 1.807) is 17.0 Å². The van der Waals surface area contributed by atoms with Gasteiger partial charge in [0.2, 0.25) is 11.8 Å². The van der Waals surface area contributed by atoms with Crippen LogP contribution in [0.5, 0.6) is 0 Å². The first kappa shape index (κ1) is 19.1. The number of nitrogens with zero attached hydrogens (tertiary/aromatic N) is 1. The molecular formula is C20H23N3O3S. The van der Waals surface area contributed by atoms with Gasteiger partial charge < -0.3 is 15.5 Å². The Kier molecular flexibility index (Phi) is 6.59. The fourth-order valence-corrected chi connectivity index (χ4v) is 3.69. The van der Waals surface area contributed by atoms with Gasteiger partial charge in [-0.2, -0.15) is 0 Å². The van der Waals surface area contributed by atoms with Gasteiger partial charge in [-0.25, -0.2) is 0 Å². The second kappa shape index (κ2) is 9.32. The predicted molar refractivity (Wildman–Crippen MR) is 105 cm³/mol. The summed E-state index contributed by atoms with van der Waals surface area (Å²) in [5.41, 5.74) is 0.940. The number of hydrogen-bond acceptors (Lipinski definition) is 4. The van der Waals surface area contributed by atoms with Crippen LogP contribution in [0.3, 0.4) is 0 Å². The molecule has 1 fully saturated rings. The highest BCUT2D eigenvalue weighted by Crippen LogP contribution is 2.10. The number of rotatable bonds is 7. The topological polar surface area (TPSA) is 78.5 Å². The van der Waals surface area contributed by atoms with Crippen molar-refractivity contribution in [2.75, 3.05) is 19.6 Å². The highest BCUT2D eigenvalue weighted by Gasteiger charge is 2.24. The molecule has 6 nitrogen and oxygen atoms in total. The van der Waals surface area contributed by atoms with Gasteiger partial charge in [0.15, 0.2) is 0 Å². The van der Waals surface area contributed by atoms with E-state index in [1.165, 1.54) is 11.3 Å². The second-order valence-corrected chi connectivity index (χ2v) is 7.45. The molecule has 2 aromatic rings.